The largest absolute Gasteiger partial charge is 0.463 e. The quantitative estimate of drug-likeness (QED) is 0.709. The molecule has 134 valence electrons. The third-order valence-electron chi connectivity index (χ3n) is 4.71. The van der Waals surface area contributed by atoms with Crippen molar-refractivity contribution in [2.24, 2.45) is 5.92 Å². The highest BCUT2D eigenvalue weighted by Gasteiger charge is 2.24. The standard InChI is InChI=1S/C19H19N3O3S/c23-18-6-5-15(16-3-1-11-25-16)20-22(18)13-14-7-9-21(10-8-14)19(24)17-4-2-12-26-17/h1-6,11-12,14H,7-10,13H2. The average Bonchev–Trinajstić information content (AvgIpc) is 3.38. The second kappa shape index (κ2) is 7.29. The molecule has 0 atom stereocenters. The molecule has 3 aromatic heterocycles. The van der Waals surface area contributed by atoms with Gasteiger partial charge in [0.25, 0.3) is 11.5 Å². The molecule has 0 aliphatic carbocycles. The Bertz CT molecular complexity index is 923. The van der Waals surface area contributed by atoms with Crippen LogP contribution in [0.1, 0.15) is 22.5 Å². The Hall–Kier alpha value is -2.67. The number of rotatable bonds is 4. The zero-order valence-electron chi connectivity index (χ0n) is 14.2. The van der Waals surface area contributed by atoms with E-state index in [2.05, 4.69) is 5.10 Å². The molecule has 4 rings (SSSR count). The van der Waals surface area contributed by atoms with Crippen LogP contribution in [0, 0.1) is 5.92 Å². The van der Waals surface area contributed by atoms with E-state index < -0.39 is 0 Å². The molecule has 6 nitrogen and oxygen atoms in total. The summed E-state index contributed by atoms with van der Waals surface area (Å²) >= 11 is 1.47. The number of carbonyl (C=O) groups is 1. The summed E-state index contributed by atoms with van der Waals surface area (Å²) in [6.07, 6.45) is 3.33. The summed E-state index contributed by atoms with van der Waals surface area (Å²) in [6.45, 7) is 2.00. The Kier molecular flexibility index (Phi) is 4.71. The first-order valence-corrected chi connectivity index (χ1v) is 9.53. The van der Waals surface area contributed by atoms with Gasteiger partial charge in [0.15, 0.2) is 5.76 Å². The van der Waals surface area contributed by atoms with Gasteiger partial charge in [0.2, 0.25) is 0 Å². The highest BCUT2D eigenvalue weighted by molar-refractivity contribution is 7.12. The molecule has 0 radical (unpaired) electrons. The first kappa shape index (κ1) is 16.8. The lowest BCUT2D eigenvalue weighted by atomic mass is 9.96. The number of hydrogen-bond acceptors (Lipinski definition) is 5. The topological polar surface area (TPSA) is 68.3 Å². The number of aromatic nitrogens is 2. The summed E-state index contributed by atoms with van der Waals surface area (Å²) in [4.78, 5) is 27.2. The van der Waals surface area contributed by atoms with E-state index in [1.54, 1.807) is 18.4 Å². The van der Waals surface area contributed by atoms with Crippen LogP contribution in [0.15, 0.2) is 57.3 Å². The number of thiophene rings is 1. The Morgan fingerprint density at radius 2 is 2.04 bits per heavy atom. The van der Waals surface area contributed by atoms with Crippen LogP contribution in [-0.4, -0.2) is 33.7 Å². The second-order valence-corrected chi connectivity index (χ2v) is 7.38. The van der Waals surface area contributed by atoms with E-state index in [-0.39, 0.29) is 11.5 Å². The Morgan fingerprint density at radius 1 is 1.19 bits per heavy atom. The minimum Gasteiger partial charge on any atom is -0.463 e. The Balaban J connectivity index is 1.41. The van der Waals surface area contributed by atoms with Crippen LogP contribution in [0.4, 0.5) is 0 Å². The smallest absolute Gasteiger partial charge is 0.266 e. The van der Waals surface area contributed by atoms with Gasteiger partial charge in [-0.1, -0.05) is 6.07 Å². The van der Waals surface area contributed by atoms with Crippen molar-refractivity contribution < 1.29 is 9.21 Å². The summed E-state index contributed by atoms with van der Waals surface area (Å²) in [5.74, 6) is 1.09. The number of piperidine rings is 1. The van der Waals surface area contributed by atoms with Crippen molar-refractivity contribution in [3.63, 3.8) is 0 Å². The molecule has 1 saturated heterocycles. The SMILES string of the molecule is O=C(c1cccs1)N1CCC(Cn2nc(-c3ccco3)ccc2=O)CC1. The summed E-state index contributed by atoms with van der Waals surface area (Å²) in [5.41, 5.74) is 0.539. The maximum absolute atomic E-state index is 12.4. The monoisotopic (exact) mass is 369 g/mol. The minimum absolute atomic E-state index is 0.105. The number of nitrogens with zero attached hydrogens (tertiary/aromatic N) is 3. The average molecular weight is 369 g/mol. The number of hydrogen-bond donors (Lipinski definition) is 0. The number of carbonyl (C=O) groups excluding carboxylic acids is 1. The molecule has 0 N–H and O–H groups in total. The van der Waals surface area contributed by atoms with Crippen molar-refractivity contribution >= 4 is 17.2 Å². The summed E-state index contributed by atoms with van der Waals surface area (Å²) in [5, 5.41) is 6.36. The maximum Gasteiger partial charge on any atom is 0.266 e. The van der Waals surface area contributed by atoms with E-state index in [1.807, 2.05) is 28.5 Å². The third-order valence-corrected chi connectivity index (χ3v) is 5.56. The molecule has 4 heterocycles. The maximum atomic E-state index is 12.4. The highest BCUT2D eigenvalue weighted by atomic mass is 32.1. The van der Waals surface area contributed by atoms with Gasteiger partial charge in [-0.25, -0.2) is 4.68 Å². The van der Waals surface area contributed by atoms with Crippen LogP contribution in [-0.2, 0) is 6.54 Å². The molecule has 0 unspecified atom stereocenters. The van der Waals surface area contributed by atoms with Gasteiger partial charge in [0.05, 0.1) is 11.1 Å². The molecule has 0 spiro atoms. The van der Waals surface area contributed by atoms with E-state index in [1.165, 1.54) is 22.1 Å². The molecule has 1 aliphatic rings. The number of furan rings is 1. The van der Waals surface area contributed by atoms with Crippen molar-refractivity contribution in [1.29, 1.82) is 0 Å². The molecule has 3 aromatic rings. The molecule has 0 bridgehead atoms. The fourth-order valence-corrected chi connectivity index (χ4v) is 3.95. The van der Waals surface area contributed by atoms with Crippen molar-refractivity contribution in [2.45, 2.75) is 19.4 Å². The number of likely N-dealkylation sites (tertiary alicyclic amines) is 1. The molecular formula is C19H19N3O3S. The van der Waals surface area contributed by atoms with Gasteiger partial charge in [-0.05, 0) is 48.4 Å². The van der Waals surface area contributed by atoms with Crippen molar-refractivity contribution in [1.82, 2.24) is 14.7 Å². The van der Waals surface area contributed by atoms with Crippen LogP contribution < -0.4 is 5.56 Å². The van der Waals surface area contributed by atoms with Crippen molar-refractivity contribution in [2.75, 3.05) is 13.1 Å². The van der Waals surface area contributed by atoms with Gasteiger partial charge in [0, 0.05) is 25.7 Å². The molecular weight excluding hydrogens is 350 g/mol. The first-order chi connectivity index (χ1) is 12.7. The molecule has 0 aromatic carbocycles. The molecule has 0 saturated carbocycles. The van der Waals surface area contributed by atoms with Crippen molar-refractivity contribution in [3.05, 3.63) is 63.3 Å². The van der Waals surface area contributed by atoms with Crippen LogP contribution in [0.25, 0.3) is 11.5 Å². The van der Waals surface area contributed by atoms with Crippen LogP contribution in [0.2, 0.25) is 0 Å². The predicted molar refractivity (Wildman–Crippen MR) is 99.1 cm³/mol. The van der Waals surface area contributed by atoms with Crippen LogP contribution in [0.5, 0.6) is 0 Å². The highest BCUT2D eigenvalue weighted by Crippen LogP contribution is 2.22. The van der Waals surface area contributed by atoms with Gasteiger partial charge >= 0.3 is 0 Å². The van der Waals surface area contributed by atoms with E-state index >= 15 is 0 Å². The normalized spacial score (nSPS) is 15.3. The second-order valence-electron chi connectivity index (χ2n) is 6.43. The Labute approximate surface area is 154 Å². The zero-order chi connectivity index (χ0) is 17.9. The van der Waals surface area contributed by atoms with E-state index in [0.29, 0.717) is 37.0 Å². The van der Waals surface area contributed by atoms with E-state index in [0.717, 1.165) is 17.7 Å². The van der Waals surface area contributed by atoms with Gasteiger partial charge in [0.1, 0.15) is 5.69 Å². The van der Waals surface area contributed by atoms with Crippen molar-refractivity contribution in [3.8, 4) is 11.5 Å². The van der Waals surface area contributed by atoms with Crippen LogP contribution >= 0.6 is 11.3 Å². The van der Waals surface area contributed by atoms with Crippen LogP contribution in [0.3, 0.4) is 0 Å². The Morgan fingerprint density at radius 3 is 2.73 bits per heavy atom. The van der Waals surface area contributed by atoms with Gasteiger partial charge in [-0.3, -0.25) is 9.59 Å². The van der Waals surface area contributed by atoms with E-state index in [4.69, 9.17) is 4.42 Å². The molecule has 1 fully saturated rings. The lowest BCUT2D eigenvalue weighted by Crippen LogP contribution is -2.40. The van der Waals surface area contributed by atoms with Gasteiger partial charge in [-0.15, -0.1) is 11.3 Å². The first-order valence-electron chi connectivity index (χ1n) is 8.65. The molecule has 1 aliphatic heterocycles. The summed E-state index contributed by atoms with van der Waals surface area (Å²) < 4.78 is 6.87. The third kappa shape index (κ3) is 3.48. The summed E-state index contributed by atoms with van der Waals surface area (Å²) in [6, 6.07) is 10.6. The minimum atomic E-state index is -0.114. The fourth-order valence-electron chi connectivity index (χ4n) is 3.25. The van der Waals surface area contributed by atoms with Gasteiger partial charge in [-0.2, -0.15) is 5.10 Å². The zero-order valence-corrected chi connectivity index (χ0v) is 15.0. The predicted octanol–water partition coefficient (Wildman–Crippen LogP) is 3.12. The molecule has 7 heteroatoms. The number of amides is 1. The lowest BCUT2D eigenvalue weighted by molar-refractivity contribution is 0.0685. The molecule has 1 amide bonds. The summed E-state index contributed by atoms with van der Waals surface area (Å²) in [7, 11) is 0. The van der Waals surface area contributed by atoms with E-state index in [9.17, 15) is 9.59 Å². The molecule has 26 heavy (non-hydrogen) atoms. The fraction of sp³-hybridized carbons (Fsp3) is 0.316. The van der Waals surface area contributed by atoms with Gasteiger partial charge < -0.3 is 9.32 Å². The lowest BCUT2D eigenvalue weighted by Gasteiger charge is -2.31.